The molecule has 2 aromatic rings. The maximum Gasteiger partial charge on any atom is 0.241 e. The van der Waals surface area contributed by atoms with Gasteiger partial charge in [-0.15, -0.1) is 0 Å². The van der Waals surface area contributed by atoms with Crippen LogP contribution in [0.5, 0.6) is 0 Å². The molecule has 0 bridgehead atoms. The smallest absolute Gasteiger partial charge is 0.241 e. The summed E-state index contributed by atoms with van der Waals surface area (Å²) < 4.78 is 18.7. The standard InChI is InChI=1S/C15H17FN4O/c1-10(7-17)8-20(3)9-14-18-15(19-21-14)12-5-4-11(2)13(16)6-12/h4-6,10H,8-9H2,1-3H3/t10-/m0/s1. The van der Waals surface area contributed by atoms with E-state index in [1.165, 1.54) is 6.07 Å². The monoisotopic (exact) mass is 288 g/mol. The van der Waals surface area contributed by atoms with Crippen LogP contribution in [0.25, 0.3) is 11.4 Å². The van der Waals surface area contributed by atoms with E-state index in [1.807, 2.05) is 18.9 Å². The SMILES string of the molecule is Cc1ccc(-c2noc(CN(C)C[C@@H](C)C#N)n2)cc1F. The Morgan fingerprint density at radius 3 is 2.90 bits per heavy atom. The Labute approximate surface area is 123 Å². The Hall–Kier alpha value is -2.26. The maximum atomic E-state index is 13.5. The van der Waals surface area contributed by atoms with Crippen LogP contribution in [0, 0.1) is 30.0 Å². The van der Waals surface area contributed by atoms with Gasteiger partial charge in [-0.2, -0.15) is 10.2 Å². The summed E-state index contributed by atoms with van der Waals surface area (Å²) in [6, 6.07) is 7.01. The van der Waals surface area contributed by atoms with E-state index in [4.69, 9.17) is 9.78 Å². The van der Waals surface area contributed by atoms with E-state index in [0.717, 1.165) is 0 Å². The molecule has 0 aliphatic heterocycles. The highest BCUT2D eigenvalue weighted by Crippen LogP contribution is 2.19. The Morgan fingerprint density at radius 1 is 1.48 bits per heavy atom. The third-order valence-electron chi connectivity index (χ3n) is 3.11. The predicted octanol–water partition coefficient (Wildman–Crippen LogP) is 2.78. The molecule has 110 valence electrons. The molecule has 0 fully saturated rings. The molecule has 0 saturated heterocycles. The second-order valence-electron chi connectivity index (χ2n) is 5.20. The molecule has 1 aromatic heterocycles. The van der Waals surface area contributed by atoms with E-state index >= 15 is 0 Å². The van der Waals surface area contributed by atoms with Gasteiger partial charge in [0, 0.05) is 12.1 Å². The number of aryl methyl sites for hydroxylation is 1. The van der Waals surface area contributed by atoms with Crippen LogP contribution < -0.4 is 0 Å². The number of nitrogens with zero attached hydrogens (tertiary/aromatic N) is 4. The first kappa shape index (κ1) is 15.1. The molecule has 6 heteroatoms. The summed E-state index contributed by atoms with van der Waals surface area (Å²) in [5, 5.41) is 12.7. The molecule has 1 heterocycles. The zero-order chi connectivity index (χ0) is 15.4. The van der Waals surface area contributed by atoms with E-state index in [0.29, 0.717) is 35.9 Å². The lowest BCUT2D eigenvalue weighted by Crippen LogP contribution is -2.23. The fraction of sp³-hybridized carbons (Fsp3) is 0.400. The summed E-state index contributed by atoms with van der Waals surface area (Å²) in [6.07, 6.45) is 0. The van der Waals surface area contributed by atoms with Gasteiger partial charge < -0.3 is 4.52 Å². The van der Waals surface area contributed by atoms with Crippen molar-refractivity contribution in [2.75, 3.05) is 13.6 Å². The fourth-order valence-electron chi connectivity index (χ4n) is 1.97. The van der Waals surface area contributed by atoms with Gasteiger partial charge in [-0.3, -0.25) is 4.90 Å². The Balaban J connectivity index is 2.07. The first-order chi connectivity index (χ1) is 9.99. The molecule has 1 aromatic carbocycles. The van der Waals surface area contributed by atoms with Crippen molar-refractivity contribution in [3.8, 4) is 17.5 Å². The van der Waals surface area contributed by atoms with E-state index < -0.39 is 0 Å². The van der Waals surface area contributed by atoms with Gasteiger partial charge in [0.15, 0.2) is 0 Å². The first-order valence-corrected chi connectivity index (χ1v) is 6.67. The molecule has 0 spiro atoms. The highest BCUT2D eigenvalue weighted by Gasteiger charge is 2.13. The van der Waals surface area contributed by atoms with Gasteiger partial charge in [0.05, 0.1) is 18.5 Å². The van der Waals surface area contributed by atoms with Crippen molar-refractivity contribution in [2.45, 2.75) is 20.4 Å². The second kappa shape index (κ2) is 6.46. The fourth-order valence-corrected chi connectivity index (χ4v) is 1.97. The molecule has 0 N–H and O–H groups in total. The molecule has 0 aliphatic carbocycles. The van der Waals surface area contributed by atoms with Crippen molar-refractivity contribution < 1.29 is 8.91 Å². The van der Waals surface area contributed by atoms with Gasteiger partial charge in [-0.25, -0.2) is 4.39 Å². The zero-order valence-corrected chi connectivity index (χ0v) is 12.3. The van der Waals surface area contributed by atoms with Gasteiger partial charge in [0.25, 0.3) is 0 Å². The number of aromatic nitrogens is 2. The molecule has 1 atom stereocenters. The summed E-state index contributed by atoms with van der Waals surface area (Å²) in [5.74, 6) is 0.451. The summed E-state index contributed by atoms with van der Waals surface area (Å²) in [4.78, 5) is 6.19. The topological polar surface area (TPSA) is 66.0 Å². The Morgan fingerprint density at radius 2 is 2.24 bits per heavy atom. The van der Waals surface area contributed by atoms with Gasteiger partial charge in [0.1, 0.15) is 5.82 Å². The van der Waals surface area contributed by atoms with Crippen LogP contribution in [0.3, 0.4) is 0 Å². The van der Waals surface area contributed by atoms with Crippen LogP contribution in [-0.4, -0.2) is 28.6 Å². The van der Waals surface area contributed by atoms with E-state index in [-0.39, 0.29) is 11.7 Å². The van der Waals surface area contributed by atoms with E-state index in [1.54, 1.807) is 19.1 Å². The Bertz CT molecular complexity index is 662. The molecule has 0 saturated carbocycles. The van der Waals surface area contributed by atoms with Crippen molar-refractivity contribution in [3.63, 3.8) is 0 Å². The second-order valence-corrected chi connectivity index (χ2v) is 5.20. The van der Waals surface area contributed by atoms with Crippen LogP contribution >= 0.6 is 0 Å². The lowest BCUT2D eigenvalue weighted by molar-refractivity contribution is 0.253. The van der Waals surface area contributed by atoms with Crippen LogP contribution in [0.15, 0.2) is 22.7 Å². The van der Waals surface area contributed by atoms with E-state index in [9.17, 15) is 4.39 Å². The number of hydrogen-bond acceptors (Lipinski definition) is 5. The minimum absolute atomic E-state index is 0.0661. The largest absolute Gasteiger partial charge is 0.338 e. The molecule has 2 rings (SSSR count). The van der Waals surface area contributed by atoms with Crippen LogP contribution in [0.2, 0.25) is 0 Å². The normalized spacial score (nSPS) is 12.4. The minimum Gasteiger partial charge on any atom is -0.338 e. The number of halogens is 1. The van der Waals surface area contributed by atoms with Crippen molar-refractivity contribution in [1.82, 2.24) is 15.0 Å². The van der Waals surface area contributed by atoms with Crippen molar-refractivity contribution in [3.05, 3.63) is 35.5 Å². The minimum atomic E-state index is -0.293. The van der Waals surface area contributed by atoms with Gasteiger partial charge in [0.2, 0.25) is 11.7 Å². The third kappa shape index (κ3) is 3.86. The van der Waals surface area contributed by atoms with Crippen LogP contribution in [0.1, 0.15) is 18.4 Å². The average molecular weight is 288 g/mol. The third-order valence-corrected chi connectivity index (χ3v) is 3.11. The highest BCUT2D eigenvalue weighted by atomic mass is 19.1. The molecule has 0 unspecified atom stereocenters. The maximum absolute atomic E-state index is 13.5. The number of hydrogen-bond donors (Lipinski definition) is 0. The van der Waals surface area contributed by atoms with Crippen LogP contribution in [-0.2, 0) is 6.54 Å². The number of rotatable bonds is 5. The number of benzene rings is 1. The van der Waals surface area contributed by atoms with Crippen molar-refractivity contribution in [2.24, 2.45) is 5.92 Å². The Kier molecular flexibility index (Phi) is 4.66. The lowest BCUT2D eigenvalue weighted by atomic mass is 10.1. The summed E-state index contributed by atoms with van der Waals surface area (Å²) in [7, 11) is 1.88. The van der Waals surface area contributed by atoms with Crippen molar-refractivity contribution in [1.29, 1.82) is 5.26 Å². The molecule has 0 radical (unpaired) electrons. The van der Waals surface area contributed by atoms with Gasteiger partial charge in [-0.05, 0) is 32.5 Å². The molecule has 0 amide bonds. The molecule has 21 heavy (non-hydrogen) atoms. The van der Waals surface area contributed by atoms with Gasteiger partial charge >= 0.3 is 0 Å². The average Bonchev–Trinajstić information content (AvgIpc) is 2.90. The zero-order valence-electron chi connectivity index (χ0n) is 12.3. The molecule has 0 aliphatic rings. The van der Waals surface area contributed by atoms with Crippen LogP contribution in [0.4, 0.5) is 4.39 Å². The predicted molar refractivity (Wildman–Crippen MR) is 75.5 cm³/mol. The summed E-state index contributed by atoms with van der Waals surface area (Å²) in [6.45, 7) is 4.62. The van der Waals surface area contributed by atoms with E-state index in [2.05, 4.69) is 16.2 Å². The first-order valence-electron chi connectivity index (χ1n) is 6.67. The summed E-state index contributed by atoms with van der Waals surface area (Å²) in [5.41, 5.74) is 1.16. The number of nitriles is 1. The highest BCUT2D eigenvalue weighted by molar-refractivity contribution is 5.54. The summed E-state index contributed by atoms with van der Waals surface area (Å²) >= 11 is 0. The van der Waals surface area contributed by atoms with Crippen molar-refractivity contribution >= 4 is 0 Å². The lowest BCUT2D eigenvalue weighted by Gasteiger charge is -2.14. The molecular weight excluding hydrogens is 271 g/mol. The van der Waals surface area contributed by atoms with Gasteiger partial charge in [-0.1, -0.05) is 17.3 Å². The molecular formula is C15H17FN4O. The quantitative estimate of drug-likeness (QED) is 0.846. The molecule has 5 nitrogen and oxygen atoms in total.